The number of hydrogen-bond donors (Lipinski definition) is 0. The first-order valence-corrected chi connectivity index (χ1v) is 5.84. The van der Waals surface area contributed by atoms with Gasteiger partial charge in [-0.15, -0.1) is 0 Å². The Hall–Kier alpha value is -1.52. The van der Waals surface area contributed by atoms with Crippen LogP contribution >= 0.6 is 23.2 Å². The Bertz CT molecular complexity index is 679. The summed E-state index contributed by atoms with van der Waals surface area (Å²) in [5.74, 6) is -0.504. The molecule has 0 aliphatic heterocycles. The van der Waals surface area contributed by atoms with Crippen LogP contribution in [-0.4, -0.2) is 17.6 Å². The van der Waals surface area contributed by atoms with E-state index in [2.05, 4.69) is 4.74 Å². The zero-order chi connectivity index (χ0) is 13.3. The minimum absolute atomic E-state index is 0.162. The molecule has 2 rings (SSSR count). The van der Waals surface area contributed by atoms with E-state index in [1.54, 1.807) is 18.2 Å². The van der Waals surface area contributed by atoms with Gasteiger partial charge in [-0.3, -0.25) is 14.2 Å². The Morgan fingerprint density at radius 3 is 2.67 bits per heavy atom. The quantitative estimate of drug-likeness (QED) is 0.797. The number of carbonyl (C=O) groups is 1. The molecule has 0 unspecified atom stereocenters. The van der Waals surface area contributed by atoms with Gasteiger partial charge in [-0.05, 0) is 18.2 Å². The standard InChI is InChI=1S/C12H9Cl2NO3/c1-18-11(17)6-15-9-4-3-8(13)12(14)7(9)2-5-10(15)16/h2-5H,6H2,1H3. The van der Waals surface area contributed by atoms with Gasteiger partial charge in [-0.1, -0.05) is 23.2 Å². The molecule has 2 aromatic rings. The van der Waals surface area contributed by atoms with E-state index in [-0.39, 0.29) is 12.1 Å². The molecule has 0 saturated carbocycles. The third kappa shape index (κ3) is 2.21. The monoisotopic (exact) mass is 285 g/mol. The van der Waals surface area contributed by atoms with Gasteiger partial charge in [0.25, 0.3) is 5.56 Å². The molecule has 0 bridgehead atoms. The van der Waals surface area contributed by atoms with Gasteiger partial charge in [0.2, 0.25) is 0 Å². The van der Waals surface area contributed by atoms with E-state index in [1.807, 2.05) is 0 Å². The zero-order valence-electron chi connectivity index (χ0n) is 9.44. The van der Waals surface area contributed by atoms with Crippen molar-refractivity contribution < 1.29 is 9.53 Å². The van der Waals surface area contributed by atoms with Crippen molar-refractivity contribution in [2.24, 2.45) is 0 Å². The van der Waals surface area contributed by atoms with Crippen molar-refractivity contribution in [1.29, 1.82) is 0 Å². The van der Waals surface area contributed by atoms with E-state index in [0.717, 1.165) is 0 Å². The van der Waals surface area contributed by atoms with Crippen molar-refractivity contribution in [2.45, 2.75) is 6.54 Å². The maximum atomic E-state index is 11.8. The lowest BCUT2D eigenvalue weighted by atomic mass is 10.2. The highest BCUT2D eigenvalue weighted by Gasteiger charge is 2.11. The Kier molecular flexibility index (Phi) is 3.59. The summed E-state index contributed by atoms with van der Waals surface area (Å²) < 4.78 is 5.85. The van der Waals surface area contributed by atoms with Crippen molar-refractivity contribution in [3.63, 3.8) is 0 Å². The van der Waals surface area contributed by atoms with Crippen LogP contribution in [0.15, 0.2) is 29.1 Å². The molecule has 0 N–H and O–H groups in total. The van der Waals surface area contributed by atoms with Crippen LogP contribution < -0.4 is 5.56 Å². The summed E-state index contributed by atoms with van der Waals surface area (Å²) in [7, 11) is 1.27. The van der Waals surface area contributed by atoms with Crippen LogP contribution in [0.4, 0.5) is 0 Å². The Morgan fingerprint density at radius 2 is 2.00 bits per heavy atom. The van der Waals surface area contributed by atoms with E-state index in [4.69, 9.17) is 23.2 Å². The summed E-state index contributed by atoms with van der Waals surface area (Å²) >= 11 is 12.0. The molecule has 0 atom stereocenters. The van der Waals surface area contributed by atoms with Crippen LogP contribution in [0.1, 0.15) is 0 Å². The second-order valence-electron chi connectivity index (χ2n) is 3.63. The van der Waals surface area contributed by atoms with Gasteiger partial charge in [0, 0.05) is 11.5 Å². The minimum Gasteiger partial charge on any atom is -0.468 e. The highest BCUT2D eigenvalue weighted by molar-refractivity contribution is 6.45. The molecule has 1 aromatic heterocycles. The molecule has 1 heterocycles. The number of benzene rings is 1. The number of ether oxygens (including phenoxy) is 1. The SMILES string of the molecule is COC(=O)Cn1c(=O)ccc2c(Cl)c(Cl)ccc21. The first kappa shape index (κ1) is 12.9. The van der Waals surface area contributed by atoms with E-state index < -0.39 is 5.97 Å². The van der Waals surface area contributed by atoms with Crippen LogP contribution in [0.5, 0.6) is 0 Å². The molecule has 0 aliphatic carbocycles. The molecular formula is C12H9Cl2NO3. The molecule has 0 fully saturated rings. The van der Waals surface area contributed by atoms with E-state index in [0.29, 0.717) is 20.9 Å². The molecule has 94 valence electrons. The van der Waals surface area contributed by atoms with Gasteiger partial charge in [-0.2, -0.15) is 0 Å². The fourth-order valence-electron chi connectivity index (χ4n) is 1.67. The number of halogens is 2. The fourth-order valence-corrected chi connectivity index (χ4v) is 2.06. The average molecular weight is 286 g/mol. The lowest BCUT2D eigenvalue weighted by molar-refractivity contribution is -0.141. The predicted octanol–water partition coefficient (Wildman–Crippen LogP) is 2.48. The van der Waals surface area contributed by atoms with Gasteiger partial charge >= 0.3 is 5.97 Å². The smallest absolute Gasteiger partial charge is 0.325 e. The molecule has 18 heavy (non-hydrogen) atoms. The van der Waals surface area contributed by atoms with E-state index in [1.165, 1.54) is 17.7 Å². The van der Waals surface area contributed by atoms with Gasteiger partial charge < -0.3 is 4.74 Å². The molecule has 0 spiro atoms. The summed E-state index contributed by atoms with van der Waals surface area (Å²) in [4.78, 5) is 23.0. The second-order valence-corrected chi connectivity index (χ2v) is 4.41. The van der Waals surface area contributed by atoms with E-state index in [9.17, 15) is 9.59 Å². The third-order valence-electron chi connectivity index (χ3n) is 2.57. The van der Waals surface area contributed by atoms with Crippen LogP contribution in [0.25, 0.3) is 10.9 Å². The number of nitrogens with zero attached hydrogens (tertiary/aromatic N) is 1. The summed E-state index contributed by atoms with van der Waals surface area (Å²) in [6.45, 7) is -0.162. The summed E-state index contributed by atoms with van der Waals surface area (Å²) in [6, 6.07) is 6.15. The van der Waals surface area contributed by atoms with Crippen LogP contribution in [0.3, 0.4) is 0 Å². The average Bonchev–Trinajstić information content (AvgIpc) is 2.36. The molecule has 0 radical (unpaired) electrons. The number of fused-ring (bicyclic) bond motifs is 1. The van der Waals surface area contributed by atoms with Crippen LogP contribution in [-0.2, 0) is 16.1 Å². The molecule has 0 saturated heterocycles. The number of hydrogen-bond acceptors (Lipinski definition) is 3. The molecular weight excluding hydrogens is 277 g/mol. The number of rotatable bonds is 2. The number of pyridine rings is 1. The summed E-state index contributed by atoms with van der Waals surface area (Å²) in [5.41, 5.74) is 0.244. The molecule has 0 aliphatic rings. The number of methoxy groups -OCH3 is 1. The van der Waals surface area contributed by atoms with Crippen LogP contribution in [0, 0.1) is 0 Å². The molecule has 1 aromatic carbocycles. The topological polar surface area (TPSA) is 48.3 Å². The van der Waals surface area contributed by atoms with Gasteiger partial charge in [0.1, 0.15) is 6.54 Å². The first-order valence-electron chi connectivity index (χ1n) is 5.09. The van der Waals surface area contributed by atoms with Crippen molar-refractivity contribution >= 4 is 40.1 Å². The Morgan fingerprint density at radius 1 is 1.28 bits per heavy atom. The maximum Gasteiger partial charge on any atom is 0.325 e. The van der Waals surface area contributed by atoms with Gasteiger partial charge in [-0.25, -0.2) is 0 Å². The highest BCUT2D eigenvalue weighted by Crippen LogP contribution is 2.29. The highest BCUT2D eigenvalue weighted by atomic mass is 35.5. The van der Waals surface area contributed by atoms with Gasteiger partial charge in [0.05, 0.1) is 22.7 Å². The molecule has 6 heteroatoms. The normalized spacial score (nSPS) is 10.6. The lowest BCUT2D eigenvalue weighted by Crippen LogP contribution is -2.24. The zero-order valence-corrected chi connectivity index (χ0v) is 11.0. The van der Waals surface area contributed by atoms with E-state index >= 15 is 0 Å². The number of carbonyl (C=O) groups excluding carboxylic acids is 1. The molecule has 0 amide bonds. The Labute approximate surface area is 113 Å². The first-order chi connectivity index (χ1) is 8.54. The fraction of sp³-hybridized carbons (Fsp3) is 0.167. The Balaban J connectivity index is 2.72. The lowest BCUT2D eigenvalue weighted by Gasteiger charge is -2.10. The number of esters is 1. The molecule has 4 nitrogen and oxygen atoms in total. The maximum absolute atomic E-state index is 11.8. The predicted molar refractivity (Wildman–Crippen MR) is 70.2 cm³/mol. The second kappa shape index (κ2) is 5.00. The van der Waals surface area contributed by atoms with Crippen molar-refractivity contribution in [1.82, 2.24) is 4.57 Å². The van der Waals surface area contributed by atoms with Crippen LogP contribution in [0.2, 0.25) is 10.0 Å². The number of aromatic nitrogens is 1. The van der Waals surface area contributed by atoms with Crippen molar-refractivity contribution in [2.75, 3.05) is 7.11 Å². The van der Waals surface area contributed by atoms with Crippen molar-refractivity contribution in [3.8, 4) is 0 Å². The third-order valence-corrected chi connectivity index (χ3v) is 3.39. The van der Waals surface area contributed by atoms with Gasteiger partial charge in [0.15, 0.2) is 0 Å². The largest absolute Gasteiger partial charge is 0.468 e. The van der Waals surface area contributed by atoms with Crippen molar-refractivity contribution in [3.05, 3.63) is 44.7 Å². The summed E-state index contributed by atoms with van der Waals surface area (Å²) in [6.07, 6.45) is 0. The minimum atomic E-state index is -0.504. The summed E-state index contributed by atoms with van der Waals surface area (Å²) in [5, 5.41) is 1.37.